The molecule has 1 aromatic rings. The molecule has 14 heavy (non-hydrogen) atoms. The second-order valence-corrected chi connectivity index (χ2v) is 4.96. The Hall–Kier alpha value is -0.390. The molecule has 0 atom stereocenters. The summed E-state index contributed by atoms with van der Waals surface area (Å²) in [4.78, 5) is 10.4. The van der Waals surface area contributed by atoms with Crippen LogP contribution in [0.1, 0.15) is 20.3 Å². The Bertz CT molecular complexity index is 288. The van der Waals surface area contributed by atoms with Crippen molar-refractivity contribution in [3.63, 3.8) is 0 Å². The van der Waals surface area contributed by atoms with Crippen LogP contribution in [0.5, 0.6) is 0 Å². The second-order valence-electron chi connectivity index (χ2n) is 3.80. The highest BCUT2D eigenvalue weighted by Gasteiger charge is 2.06. The first-order chi connectivity index (χ1) is 6.61. The highest BCUT2D eigenvalue weighted by atomic mass is 127. The molecule has 78 valence electrons. The summed E-state index contributed by atoms with van der Waals surface area (Å²) in [5.74, 6) is 1.76. The van der Waals surface area contributed by atoms with Gasteiger partial charge in [-0.05, 0) is 34.9 Å². The molecule has 0 spiro atoms. The molecule has 0 bridgehead atoms. The molecule has 0 unspecified atom stereocenters. The van der Waals surface area contributed by atoms with Gasteiger partial charge in [0.25, 0.3) is 0 Å². The van der Waals surface area contributed by atoms with Gasteiger partial charge in [0.1, 0.15) is 12.1 Å². The van der Waals surface area contributed by atoms with Crippen LogP contribution in [-0.2, 0) is 0 Å². The van der Waals surface area contributed by atoms with Gasteiger partial charge in [0.2, 0.25) is 0 Å². The summed E-state index contributed by atoms with van der Waals surface area (Å²) >= 11 is 2.27. The summed E-state index contributed by atoms with van der Waals surface area (Å²) in [6.45, 7) is 5.52. The van der Waals surface area contributed by atoms with Gasteiger partial charge < -0.3 is 4.90 Å². The maximum absolute atomic E-state index is 4.26. The molecule has 0 radical (unpaired) electrons. The first-order valence-corrected chi connectivity index (χ1v) is 5.85. The fraction of sp³-hybridized carbons (Fsp3) is 0.600. The zero-order valence-corrected chi connectivity index (χ0v) is 11.0. The van der Waals surface area contributed by atoms with Crippen LogP contribution in [0.4, 0.5) is 5.82 Å². The van der Waals surface area contributed by atoms with Crippen LogP contribution in [0, 0.1) is 9.49 Å². The molecule has 0 aliphatic rings. The van der Waals surface area contributed by atoms with Crippen LogP contribution in [0.15, 0.2) is 12.5 Å². The minimum atomic E-state index is 0.733. The lowest BCUT2D eigenvalue weighted by atomic mass is 10.1. The van der Waals surface area contributed by atoms with E-state index in [2.05, 4.69) is 58.4 Å². The molecule has 0 N–H and O–H groups in total. The minimum Gasteiger partial charge on any atom is -0.359 e. The van der Waals surface area contributed by atoms with Crippen LogP contribution in [0.2, 0.25) is 0 Å². The predicted octanol–water partition coefficient (Wildman–Crippen LogP) is 2.56. The number of aromatic nitrogens is 2. The Balaban J connectivity index is 2.60. The van der Waals surface area contributed by atoms with Crippen molar-refractivity contribution in [2.75, 3.05) is 18.5 Å². The van der Waals surface area contributed by atoms with Gasteiger partial charge in [0.15, 0.2) is 0 Å². The van der Waals surface area contributed by atoms with Gasteiger partial charge >= 0.3 is 0 Å². The van der Waals surface area contributed by atoms with Crippen molar-refractivity contribution in [1.82, 2.24) is 9.97 Å². The van der Waals surface area contributed by atoms with Crippen LogP contribution < -0.4 is 4.90 Å². The molecule has 4 heteroatoms. The van der Waals surface area contributed by atoms with E-state index in [0.29, 0.717) is 0 Å². The van der Waals surface area contributed by atoms with Gasteiger partial charge in [0, 0.05) is 19.8 Å². The molecule has 0 aliphatic carbocycles. The topological polar surface area (TPSA) is 29.0 Å². The number of rotatable bonds is 4. The van der Waals surface area contributed by atoms with E-state index in [1.807, 2.05) is 6.20 Å². The van der Waals surface area contributed by atoms with E-state index < -0.39 is 0 Å². The zero-order chi connectivity index (χ0) is 10.6. The van der Waals surface area contributed by atoms with E-state index in [9.17, 15) is 0 Å². The van der Waals surface area contributed by atoms with Crippen molar-refractivity contribution in [2.45, 2.75) is 20.3 Å². The molecule has 0 saturated carbocycles. The maximum Gasteiger partial charge on any atom is 0.145 e. The van der Waals surface area contributed by atoms with Crippen LogP contribution in [-0.4, -0.2) is 23.6 Å². The Morgan fingerprint density at radius 3 is 2.79 bits per heavy atom. The molecular weight excluding hydrogens is 289 g/mol. The highest BCUT2D eigenvalue weighted by molar-refractivity contribution is 14.1. The number of nitrogens with zero attached hydrogens (tertiary/aromatic N) is 3. The fourth-order valence-corrected chi connectivity index (χ4v) is 1.86. The lowest BCUT2D eigenvalue weighted by Gasteiger charge is -2.19. The third-order valence-electron chi connectivity index (χ3n) is 2.05. The highest BCUT2D eigenvalue weighted by Crippen LogP contribution is 2.17. The summed E-state index contributed by atoms with van der Waals surface area (Å²) in [5, 5.41) is 0. The van der Waals surface area contributed by atoms with Gasteiger partial charge in [0.05, 0.1) is 3.57 Å². The Labute approximate surface area is 99.1 Å². The summed E-state index contributed by atoms with van der Waals surface area (Å²) in [6.07, 6.45) is 4.63. The average molecular weight is 305 g/mol. The quantitative estimate of drug-likeness (QED) is 0.801. The number of halogens is 1. The molecular formula is C10H16IN3. The molecule has 0 fully saturated rings. The number of anilines is 1. The molecule has 0 amide bonds. The molecule has 0 aliphatic heterocycles. The molecule has 0 aromatic carbocycles. The van der Waals surface area contributed by atoms with Gasteiger partial charge in [-0.3, -0.25) is 0 Å². The van der Waals surface area contributed by atoms with Crippen LogP contribution >= 0.6 is 22.6 Å². The van der Waals surface area contributed by atoms with Gasteiger partial charge in [-0.25, -0.2) is 9.97 Å². The maximum atomic E-state index is 4.26. The van der Waals surface area contributed by atoms with Crippen LogP contribution in [0.3, 0.4) is 0 Å². The first-order valence-electron chi connectivity index (χ1n) is 4.78. The fourth-order valence-electron chi connectivity index (χ4n) is 1.14. The van der Waals surface area contributed by atoms with E-state index in [4.69, 9.17) is 0 Å². The first kappa shape index (κ1) is 11.7. The standard InChI is InChI=1S/C10H16IN3/c1-8(2)4-5-14(3)10-9(11)6-12-7-13-10/h6-8H,4-5H2,1-3H3. The SMILES string of the molecule is CC(C)CCN(C)c1ncncc1I. The second kappa shape index (κ2) is 5.48. The van der Waals surface area contributed by atoms with Crippen molar-refractivity contribution in [3.05, 3.63) is 16.1 Å². The van der Waals surface area contributed by atoms with Gasteiger partial charge in [-0.2, -0.15) is 0 Å². The third-order valence-corrected chi connectivity index (χ3v) is 2.81. The summed E-state index contributed by atoms with van der Waals surface area (Å²) < 4.78 is 1.11. The zero-order valence-electron chi connectivity index (χ0n) is 8.87. The van der Waals surface area contributed by atoms with Crippen molar-refractivity contribution in [2.24, 2.45) is 5.92 Å². The number of hydrogen-bond acceptors (Lipinski definition) is 3. The largest absolute Gasteiger partial charge is 0.359 e. The van der Waals surface area contributed by atoms with E-state index >= 15 is 0 Å². The Morgan fingerprint density at radius 2 is 2.21 bits per heavy atom. The lowest BCUT2D eigenvalue weighted by molar-refractivity contribution is 0.583. The average Bonchev–Trinajstić information content (AvgIpc) is 2.15. The number of hydrogen-bond donors (Lipinski definition) is 0. The molecule has 3 nitrogen and oxygen atoms in total. The van der Waals surface area contributed by atoms with Gasteiger partial charge in [-0.1, -0.05) is 13.8 Å². The molecule has 0 saturated heterocycles. The molecule has 1 heterocycles. The lowest BCUT2D eigenvalue weighted by Crippen LogP contribution is -2.22. The van der Waals surface area contributed by atoms with Crippen molar-refractivity contribution < 1.29 is 0 Å². The third kappa shape index (κ3) is 3.40. The Kier molecular flexibility index (Phi) is 4.57. The summed E-state index contributed by atoms with van der Waals surface area (Å²) in [6, 6.07) is 0. The Morgan fingerprint density at radius 1 is 1.50 bits per heavy atom. The van der Waals surface area contributed by atoms with Crippen LogP contribution in [0.25, 0.3) is 0 Å². The smallest absolute Gasteiger partial charge is 0.145 e. The summed E-state index contributed by atoms with van der Waals surface area (Å²) in [5.41, 5.74) is 0. The monoisotopic (exact) mass is 305 g/mol. The predicted molar refractivity (Wildman–Crippen MR) is 67.5 cm³/mol. The molecule has 1 aromatic heterocycles. The van der Waals surface area contributed by atoms with Gasteiger partial charge in [-0.15, -0.1) is 0 Å². The van der Waals surface area contributed by atoms with E-state index in [0.717, 1.165) is 21.9 Å². The van der Waals surface area contributed by atoms with Crippen molar-refractivity contribution in [1.29, 1.82) is 0 Å². The normalized spacial score (nSPS) is 10.6. The molecule has 1 rings (SSSR count). The van der Waals surface area contributed by atoms with E-state index in [1.165, 1.54) is 6.42 Å². The van der Waals surface area contributed by atoms with Crippen molar-refractivity contribution >= 4 is 28.4 Å². The summed E-state index contributed by atoms with van der Waals surface area (Å²) in [7, 11) is 2.08. The van der Waals surface area contributed by atoms with E-state index in [1.54, 1.807) is 6.33 Å². The van der Waals surface area contributed by atoms with E-state index in [-0.39, 0.29) is 0 Å². The minimum absolute atomic E-state index is 0.733. The van der Waals surface area contributed by atoms with Crippen molar-refractivity contribution in [3.8, 4) is 0 Å².